The number of aliphatic carboxylic acids is 1. The molecule has 6 nitrogen and oxygen atoms in total. The average Bonchev–Trinajstić information content (AvgIpc) is 2.63. The van der Waals surface area contributed by atoms with Gasteiger partial charge >= 0.3 is 17.8 Å². The van der Waals surface area contributed by atoms with Crippen molar-refractivity contribution in [3.05, 3.63) is 34.9 Å². The van der Waals surface area contributed by atoms with Gasteiger partial charge < -0.3 is 15.2 Å². The van der Waals surface area contributed by atoms with E-state index in [0.29, 0.717) is 5.75 Å². The van der Waals surface area contributed by atoms with Crippen LogP contribution in [0, 0.1) is 0 Å². The van der Waals surface area contributed by atoms with E-state index in [9.17, 15) is 19.5 Å². The highest BCUT2D eigenvalue weighted by Crippen LogP contribution is 2.13. The molecule has 0 aromatic heterocycles. The summed E-state index contributed by atoms with van der Waals surface area (Å²) >= 11 is 1.39. The van der Waals surface area contributed by atoms with Crippen LogP contribution in [0.3, 0.4) is 0 Å². The highest BCUT2D eigenvalue weighted by atomic mass is 32.2. The summed E-state index contributed by atoms with van der Waals surface area (Å²) in [5, 5.41) is 11.4. The molecule has 0 spiro atoms. The number of nitrogens with one attached hydrogen (secondary N) is 1. The van der Waals surface area contributed by atoms with Crippen molar-refractivity contribution in [2.45, 2.75) is 73.8 Å². The van der Waals surface area contributed by atoms with Gasteiger partial charge in [0.1, 0.15) is 6.04 Å². The summed E-state index contributed by atoms with van der Waals surface area (Å²) in [6, 6.07) is -1.13. The minimum absolute atomic E-state index is 0. The first-order chi connectivity index (χ1) is 13.7. The monoisotopic (exact) mass is 441 g/mol. The summed E-state index contributed by atoms with van der Waals surface area (Å²) in [4.78, 5) is 34.1. The zero-order chi connectivity index (χ0) is 22.2. The van der Waals surface area contributed by atoms with Crippen molar-refractivity contribution in [2.24, 2.45) is 0 Å². The highest BCUT2D eigenvalue weighted by molar-refractivity contribution is 7.99. The molecule has 0 aliphatic heterocycles. The molecule has 2 N–H and O–H groups in total. The lowest BCUT2D eigenvalue weighted by molar-refractivity contribution is -0.155. The molecule has 0 heterocycles. The highest BCUT2D eigenvalue weighted by Gasteiger charge is 2.24. The second-order valence-electron chi connectivity index (χ2n) is 7.08. The number of ether oxygens (including phenoxy) is 1. The third kappa shape index (κ3) is 15.9. The van der Waals surface area contributed by atoms with Crippen molar-refractivity contribution in [1.29, 1.82) is 0 Å². The first-order valence-corrected chi connectivity index (χ1v) is 11.1. The maximum atomic E-state index is 11.6. The maximum absolute atomic E-state index is 11.6. The quantitative estimate of drug-likeness (QED) is 0.183. The van der Waals surface area contributed by atoms with E-state index in [2.05, 4.69) is 56.0 Å². The maximum Gasteiger partial charge on any atom is 0.396 e. The Hall–Kier alpha value is -2.02. The Bertz CT molecular complexity index is 634. The van der Waals surface area contributed by atoms with Crippen LogP contribution in [0.25, 0.3) is 0 Å². The zero-order valence-electron chi connectivity index (χ0n) is 18.2. The summed E-state index contributed by atoms with van der Waals surface area (Å²) in [5.41, 5.74) is 3.99. The topological polar surface area (TPSA) is 92.7 Å². The number of carbonyl (C=O) groups is 3. The number of esters is 1. The molecular weight excluding hydrogens is 402 g/mol. The predicted octanol–water partition coefficient (Wildman–Crippen LogP) is 4.91. The van der Waals surface area contributed by atoms with Crippen LogP contribution in [-0.4, -0.2) is 47.1 Å². The van der Waals surface area contributed by atoms with E-state index in [1.807, 2.05) is 0 Å². The molecule has 0 aliphatic rings. The van der Waals surface area contributed by atoms with Gasteiger partial charge in [-0.1, -0.05) is 42.4 Å². The molecule has 0 aromatic carbocycles. The Morgan fingerprint density at radius 1 is 1.00 bits per heavy atom. The van der Waals surface area contributed by atoms with Gasteiger partial charge in [-0.3, -0.25) is 4.79 Å². The number of carboxylic acid groups (broad SMARTS) is 1. The van der Waals surface area contributed by atoms with Crippen molar-refractivity contribution in [1.82, 2.24) is 5.32 Å². The summed E-state index contributed by atoms with van der Waals surface area (Å²) in [6.07, 6.45) is 10.7. The molecule has 0 aromatic rings. The predicted molar refractivity (Wildman–Crippen MR) is 126 cm³/mol. The van der Waals surface area contributed by atoms with Crippen LogP contribution in [0.15, 0.2) is 34.9 Å². The first kappa shape index (κ1) is 30.2. The number of thioether (sulfide) groups is 1. The minimum Gasteiger partial charge on any atom is -0.480 e. The van der Waals surface area contributed by atoms with E-state index in [1.165, 1.54) is 28.5 Å². The Morgan fingerprint density at radius 3 is 2.10 bits per heavy atom. The lowest BCUT2D eigenvalue weighted by Crippen LogP contribution is -2.46. The number of rotatable bonds is 13. The number of hydrogen-bond acceptors (Lipinski definition) is 5. The Labute approximate surface area is 186 Å². The molecule has 0 saturated heterocycles. The molecule has 0 radical (unpaired) electrons. The fourth-order valence-electron chi connectivity index (χ4n) is 2.31. The third-order valence-corrected chi connectivity index (χ3v) is 4.99. The van der Waals surface area contributed by atoms with E-state index < -0.39 is 23.9 Å². The standard InChI is InChI=1S/C22H35NO5S.CH4/c1-6-28-22(27)20(24)23-19(21(25)26)15-29-14-13-18(5)12-8-11-17(4)10-7-9-16(2)3;/h9,11,13,19H,6-8,10,12,14-15H2,1-5H3,(H,23,24)(H,25,26);1H4/b17-11+,18-13+;/t19-;/m0./s1. The van der Waals surface area contributed by atoms with Crippen LogP contribution in [0.5, 0.6) is 0 Å². The Balaban J connectivity index is 0. The van der Waals surface area contributed by atoms with Gasteiger partial charge in [0.15, 0.2) is 0 Å². The fourth-order valence-corrected chi connectivity index (χ4v) is 3.31. The number of hydrogen-bond donors (Lipinski definition) is 2. The molecule has 1 atom stereocenters. The molecule has 0 rings (SSSR count). The molecule has 0 aliphatic carbocycles. The molecule has 172 valence electrons. The normalized spacial score (nSPS) is 12.4. The van der Waals surface area contributed by atoms with Crippen LogP contribution in [0.4, 0.5) is 0 Å². The van der Waals surface area contributed by atoms with Crippen LogP contribution >= 0.6 is 11.8 Å². The molecule has 0 fully saturated rings. The molecule has 0 bridgehead atoms. The van der Waals surface area contributed by atoms with Gasteiger partial charge in [0.05, 0.1) is 6.61 Å². The molecule has 0 unspecified atom stereocenters. The fraction of sp³-hybridized carbons (Fsp3) is 0.609. The summed E-state index contributed by atoms with van der Waals surface area (Å²) < 4.78 is 4.56. The van der Waals surface area contributed by atoms with Gasteiger partial charge in [0.25, 0.3) is 0 Å². The first-order valence-electron chi connectivity index (χ1n) is 9.90. The summed E-state index contributed by atoms with van der Waals surface area (Å²) in [6.45, 7) is 10.1. The van der Waals surface area contributed by atoms with Gasteiger partial charge in [-0.25, -0.2) is 9.59 Å². The molecule has 7 heteroatoms. The SMILES string of the molecule is C.CCOC(=O)C(=O)N[C@@H](CSC/C=C(\C)CC/C=C(\C)CCC=C(C)C)C(=O)O. The largest absolute Gasteiger partial charge is 0.480 e. The third-order valence-electron chi connectivity index (χ3n) is 4.02. The van der Waals surface area contributed by atoms with Crippen LogP contribution in [0.2, 0.25) is 0 Å². The Kier molecular flexibility index (Phi) is 17.9. The van der Waals surface area contributed by atoms with E-state index in [-0.39, 0.29) is 19.8 Å². The number of carboxylic acids is 1. The summed E-state index contributed by atoms with van der Waals surface area (Å²) in [7, 11) is 0. The van der Waals surface area contributed by atoms with Crippen LogP contribution < -0.4 is 5.32 Å². The van der Waals surface area contributed by atoms with Gasteiger partial charge in [-0.2, -0.15) is 11.8 Å². The van der Waals surface area contributed by atoms with E-state index in [4.69, 9.17) is 0 Å². The Morgan fingerprint density at radius 2 is 1.57 bits per heavy atom. The zero-order valence-corrected chi connectivity index (χ0v) is 19.1. The molecule has 0 saturated carbocycles. The van der Waals surface area contributed by atoms with Crippen molar-refractivity contribution >= 4 is 29.6 Å². The average molecular weight is 442 g/mol. The lowest BCUT2D eigenvalue weighted by Gasteiger charge is -2.13. The minimum atomic E-state index is -1.18. The van der Waals surface area contributed by atoms with Crippen molar-refractivity contribution in [3.8, 4) is 0 Å². The number of amides is 1. The van der Waals surface area contributed by atoms with Crippen molar-refractivity contribution in [3.63, 3.8) is 0 Å². The van der Waals surface area contributed by atoms with Crippen LogP contribution in [0.1, 0.15) is 67.7 Å². The van der Waals surface area contributed by atoms with Gasteiger partial charge in [0.2, 0.25) is 0 Å². The van der Waals surface area contributed by atoms with E-state index in [1.54, 1.807) is 6.92 Å². The number of carbonyl (C=O) groups excluding carboxylic acids is 2. The van der Waals surface area contributed by atoms with E-state index in [0.717, 1.165) is 25.7 Å². The van der Waals surface area contributed by atoms with Gasteiger partial charge in [-0.05, 0) is 60.3 Å². The molecular formula is C23H39NO5S. The van der Waals surface area contributed by atoms with E-state index >= 15 is 0 Å². The van der Waals surface area contributed by atoms with Gasteiger partial charge in [-0.15, -0.1) is 0 Å². The van der Waals surface area contributed by atoms with Crippen molar-refractivity contribution < 1.29 is 24.2 Å². The van der Waals surface area contributed by atoms with Crippen LogP contribution in [-0.2, 0) is 19.1 Å². The second kappa shape index (κ2) is 17.8. The molecule has 30 heavy (non-hydrogen) atoms. The summed E-state index contributed by atoms with van der Waals surface area (Å²) in [5.74, 6) is -2.45. The second-order valence-corrected chi connectivity index (χ2v) is 8.16. The van der Waals surface area contributed by atoms with Gasteiger partial charge in [0, 0.05) is 11.5 Å². The molecule has 1 amide bonds. The van der Waals surface area contributed by atoms with Crippen molar-refractivity contribution in [2.75, 3.05) is 18.1 Å². The smallest absolute Gasteiger partial charge is 0.396 e. The lowest BCUT2D eigenvalue weighted by atomic mass is 10.1. The number of allylic oxidation sites excluding steroid dienone is 5.